The number of ether oxygens (including phenoxy) is 2. The average molecular weight is 327 g/mol. The number of carbonyl (C=O) groups excluding carboxylic acids is 1. The number of hydrogen-bond acceptors (Lipinski definition) is 5. The van der Waals surface area contributed by atoms with Gasteiger partial charge in [0.1, 0.15) is 11.7 Å². The maximum absolute atomic E-state index is 11.9. The maximum atomic E-state index is 11.9. The lowest BCUT2D eigenvalue weighted by Gasteiger charge is -2.22. The van der Waals surface area contributed by atoms with E-state index in [2.05, 4.69) is 0 Å². The second kappa shape index (κ2) is 7.21. The molecule has 1 saturated heterocycles. The molecular weight excluding hydrogens is 306 g/mol. The molecule has 1 amide bonds. The third-order valence-corrected chi connectivity index (χ3v) is 3.88. The lowest BCUT2D eigenvalue weighted by Crippen LogP contribution is -2.36. The van der Waals surface area contributed by atoms with Crippen molar-refractivity contribution in [1.29, 1.82) is 0 Å². The molecule has 0 aliphatic carbocycles. The quantitative estimate of drug-likeness (QED) is 0.850. The molecule has 0 bridgehead atoms. The van der Waals surface area contributed by atoms with Gasteiger partial charge in [-0.1, -0.05) is 30.3 Å². The highest BCUT2D eigenvalue weighted by Crippen LogP contribution is 2.19. The number of benzene rings is 1. The molecule has 1 unspecified atom stereocenters. The molecule has 0 aromatic heterocycles. The van der Waals surface area contributed by atoms with Gasteiger partial charge in [0.25, 0.3) is 11.3 Å². The van der Waals surface area contributed by atoms with Gasteiger partial charge in [-0.3, -0.25) is 4.18 Å². The number of rotatable bonds is 4. The average Bonchev–Trinajstić information content (AvgIpc) is 2.79. The maximum Gasteiger partial charge on any atom is 0.424 e. The molecule has 0 spiro atoms. The molecule has 0 N–H and O–H groups in total. The third-order valence-electron chi connectivity index (χ3n) is 2.78. The summed E-state index contributed by atoms with van der Waals surface area (Å²) in [5.74, 6) is 0. The molecule has 1 aromatic rings. The first-order valence-corrected chi connectivity index (χ1v) is 8.09. The van der Waals surface area contributed by atoms with Crippen LogP contribution in [0.4, 0.5) is 4.79 Å². The summed E-state index contributed by atoms with van der Waals surface area (Å²) < 4.78 is 28.8. The van der Waals surface area contributed by atoms with Gasteiger partial charge < -0.3 is 9.47 Å². The van der Waals surface area contributed by atoms with Crippen molar-refractivity contribution in [1.82, 2.24) is 4.31 Å². The normalized spacial score (nSPS) is 21.9. The largest absolute Gasteiger partial charge is 0.443 e. The Morgan fingerprint density at radius 1 is 1.36 bits per heavy atom. The van der Waals surface area contributed by atoms with E-state index in [4.69, 9.17) is 13.7 Å². The van der Waals surface area contributed by atoms with Crippen molar-refractivity contribution in [3.8, 4) is 0 Å². The lowest BCUT2D eigenvalue weighted by molar-refractivity contribution is 0.0345. The van der Waals surface area contributed by atoms with Crippen LogP contribution in [0.5, 0.6) is 0 Å². The number of nitrogens with zero attached hydrogens (tertiary/aromatic N) is 1. The van der Waals surface area contributed by atoms with Crippen molar-refractivity contribution in [2.45, 2.75) is 39.1 Å². The van der Waals surface area contributed by atoms with Crippen LogP contribution >= 0.6 is 0 Å². The fourth-order valence-corrected chi connectivity index (χ4v) is 2.76. The van der Waals surface area contributed by atoms with Crippen LogP contribution in [-0.4, -0.2) is 39.5 Å². The Balaban J connectivity index is 1.78. The lowest BCUT2D eigenvalue weighted by atomic mass is 10.2. The van der Waals surface area contributed by atoms with Gasteiger partial charge in [0.05, 0.1) is 19.8 Å². The van der Waals surface area contributed by atoms with Gasteiger partial charge in [-0.05, 0) is 26.3 Å². The van der Waals surface area contributed by atoms with Crippen LogP contribution < -0.4 is 0 Å². The Kier molecular flexibility index (Phi) is 5.55. The number of amides is 1. The second-order valence-electron chi connectivity index (χ2n) is 5.98. The van der Waals surface area contributed by atoms with Crippen molar-refractivity contribution in [2.24, 2.45) is 0 Å². The van der Waals surface area contributed by atoms with Crippen molar-refractivity contribution >= 4 is 17.4 Å². The summed E-state index contributed by atoms with van der Waals surface area (Å²) in [6, 6.07) is 9.72. The predicted molar refractivity (Wildman–Crippen MR) is 82.1 cm³/mol. The Morgan fingerprint density at radius 2 is 2.05 bits per heavy atom. The molecule has 122 valence electrons. The van der Waals surface area contributed by atoms with Gasteiger partial charge in [-0.2, -0.15) is 0 Å². The predicted octanol–water partition coefficient (Wildman–Crippen LogP) is 2.42. The van der Waals surface area contributed by atoms with E-state index in [9.17, 15) is 9.00 Å². The van der Waals surface area contributed by atoms with Crippen LogP contribution in [0.2, 0.25) is 0 Å². The van der Waals surface area contributed by atoms with Crippen molar-refractivity contribution in [3.05, 3.63) is 35.9 Å². The molecule has 0 radical (unpaired) electrons. The molecule has 7 heteroatoms. The van der Waals surface area contributed by atoms with Crippen LogP contribution in [-0.2, 0) is 31.5 Å². The molecule has 22 heavy (non-hydrogen) atoms. The van der Waals surface area contributed by atoms with Crippen molar-refractivity contribution in [3.63, 3.8) is 0 Å². The fraction of sp³-hybridized carbons (Fsp3) is 0.533. The summed E-state index contributed by atoms with van der Waals surface area (Å²) in [7, 11) is 0. The molecule has 1 aliphatic rings. The minimum atomic E-state index is -1.82. The second-order valence-corrected chi connectivity index (χ2v) is 7.04. The standard InChI is InChI=1S/C15H21NO5S/c1-15(2,3)20-14(17)16-9-13(21-22(16)18)11-19-10-12-7-5-4-6-8-12/h4-8,13H,9-11H2,1-3H3/t13-,22?/m0/s1. The highest BCUT2D eigenvalue weighted by Gasteiger charge is 2.37. The van der Waals surface area contributed by atoms with Crippen molar-refractivity contribution in [2.75, 3.05) is 13.2 Å². The van der Waals surface area contributed by atoms with E-state index in [1.54, 1.807) is 20.8 Å². The minimum absolute atomic E-state index is 0.191. The number of hydrogen-bond donors (Lipinski definition) is 0. The summed E-state index contributed by atoms with van der Waals surface area (Å²) >= 11 is -1.82. The number of carbonyl (C=O) groups is 1. The van der Waals surface area contributed by atoms with E-state index < -0.39 is 29.1 Å². The Bertz CT molecular complexity index is 528. The molecule has 2 rings (SSSR count). The fourth-order valence-electron chi connectivity index (χ4n) is 1.86. The van der Waals surface area contributed by atoms with E-state index >= 15 is 0 Å². The van der Waals surface area contributed by atoms with Gasteiger partial charge in [0, 0.05) is 0 Å². The SMILES string of the molecule is CC(C)(C)OC(=O)N1C[C@@H](COCc2ccccc2)OS1=O. The first-order chi connectivity index (χ1) is 10.3. The van der Waals surface area contributed by atoms with Crippen LogP contribution in [0.25, 0.3) is 0 Å². The molecule has 1 fully saturated rings. The molecule has 6 nitrogen and oxygen atoms in total. The Hall–Kier alpha value is -1.44. The summed E-state index contributed by atoms with van der Waals surface area (Å²) in [5, 5.41) is 0. The Labute approximate surface area is 133 Å². The zero-order chi connectivity index (χ0) is 16.2. The zero-order valence-corrected chi connectivity index (χ0v) is 13.8. The monoisotopic (exact) mass is 327 g/mol. The van der Waals surface area contributed by atoms with Gasteiger partial charge in [0.15, 0.2) is 0 Å². The molecule has 1 aliphatic heterocycles. The topological polar surface area (TPSA) is 65.1 Å². The Morgan fingerprint density at radius 3 is 2.68 bits per heavy atom. The van der Waals surface area contributed by atoms with E-state index in [1.807, 2.05) is 30.3 Å². The van der Waals surface area contributed by atoms with Crippen LogP contribution in [0.1, 0.15) is 26.3 Å². The van der Waals surface area contributed by atoms with Gasteiger partial charge in [0.2, 0.25) is 0 Å². The zero-order valence-electron chi connectivity index (χ0n) is 13.0. The smallest absolute Gasteiger partial charge is 0.424 e. The molecule has 1 heterocycles. The molecule has 2 atom stereocenters. The summed E-state index contributed by atoms with van der Waals surface area (Å²) in [5.41, 5.74) is 0.411. The molecule has 1 aromatic carbocycles. The van der Waals surface area contributed by atoms with E-state index in [0.29, 0.717) is 6.61 Å². The highest BCUT2D eigenvalue weighted by molar-refractivity contribution is 7.78. The van der Waals surface area contributed by atoms with Gasteiger partial charge in [-0.25, -0.2) is 13.3 Å². The first-order valence-electron chi connectivity index (χ1n) is 7.06. The molecular formula is C15H21NO5S. The van der Waals surface area contributed by atoms with E-state index in [-0.39, 0.29) is 13.2 Å². The minimum Gasteiger partial charge on any atom is -0.443 e. The van der Waals surface area contributed by atoms with Gasteiger partial charge in [-0.15, -0.1) is 0 Å². The van der Waals surface area contributed by atoms with Crippen molar-refractivity contribution < 1.29 is 22.7 Å². The van der Waals surface area contributed by atoms with Crippen LogP contribution in [0.3, 0.4) is 0 Å². The first kappa shape index (κ1) is 16.9. The third kappa shape index (κ3) is 5.08. The summed E-state index contributed by atoms with van der Waals surface area (Å²) in [6.45, 7) is 6.16. The van der Waals surface area contributed by atoms with E-state index in [1.165, 1.54) is 0 Å². The summed E-state index contributed by atoms with van der Waals surface area (Å²) in [6.07, 6.45) is -1.06. The summed E-state index contributed by atoms with van der Waals surface area (Å²) in [4.78, 5) is 11.9. The highest BCUT2D eigenvalue weighted by atomic mass is 32.2. The van der Waals surface area contributed by atoms with Crippen LogP contribution in [0, 0.1) is 0 Å². The van der Waals surface area contributed by atoms with E-state index in [0.717, 1.165) is 9.87 Å². The molecule has 0 saturated carbocycles. The van der Waals surface area contributed by atoms with Crippen LogP contribution in [0.15, 0.2) is 30.3 Å². The van der Waals surface area contributed by atoms with Gasteiger partial charge >= 0.3 is 6.09 Å².